The van der Waals surface area contributed by atoms with Gasteiger partial charge in [-0.05, 0) is 36.8 Å². The Bertz CT molecular complexity index is 945. The average Bonchev–Trinajstić information content (AvgIpc) is 2.93. The molecule has 0 spiro atoms. The molecule has 0 radical (unpaired) electrons. The van der Waals surface area contributed by atoms with E-state index in [-0.39, 0.29) is 18.0 Å². The fraction of sp³-hybridized carbons (Fsp3) is 0.190. The van der Waals surface area contributed by atoms with E-state index in [1.54, 1.807) is 18.2 Å². The Hall–Kier alpha value is -2.93. The fourth-order valence-corrected chi connectivity index (χ4v) is 3.93. The van der Waals surface area contributed by atoms with Gasteiger partial charge in [0.15, 0.2) is 5.17 Å². The summed E-state index contributed by atoms with van der Waals surface area (Å²) in [5.74, 6) is -1.15. The molecule has 5 nitrogen and oxygen atoms in total. The molecule has 1 heterocycles. The molecule has 1 N–H and O–H groups in total. The number of halogens is 1. The Morgan fingerprint density at radius 2 is 2.11 bits per heavy atom. The smallest absolute Gasteiger partial charge is 0.242 e. The molecular formula is C21H20FN3O2S. The summed E-state index contributed by atoms with van der Waals surface area (Å²) >= 11 is 1.23. The second-order valence-electron chi connectivity index (χ2n) is 6.31. The standard InChI is InChI=1S/C21H20FN3O2S/c1-3-11-25-20(27)18(13-19(26)24-17-10-5-4-9-16(17)22)28-21(25)23-15-8-6-7-14(2)12-15/h3-10,12,18H,1,11,13H2,2H3,(H,24,26)/t18-/m0/s1. The maximum atomic E-state index is 13.7. The second-order valence-corrected chi connectivity index (χ2v) is 7.48. The number of hydrogen-bond acceptors (Lipinski definition) is 4. The van der Waals surface area contributed by atoms with Crippen molar-refractivity contribution in [2.45, 2.75) is 18.6 Å². The molecule has 7 heteroatoms. The topological polar surface area (TPSA) is 61.8 Å². The van der Waals surface area contributed by atoms with Crippen LogP contribution < -0.4 is 5.32 Å². The molecule has 1 aliphatic rings. The van der Waals surface area contributed by atoms with Gasteiger partial charge < -0.3 is 5.32 Å². The number of aryl methyl sites for hydroxylation is 1. The van der Waals surface area contributed by atoms with Crippen LogP contribution in [-0.4, -0.2) is 33.7 Å². The zero-order chi connectivity index (χ0) is 20.1. The Labute approximate surface area is 167 Å². The Kier molecular flexibility index (Phi) is 6.26. The third-order valence-corrected chi connectivity index (χ3v) is 5.25. The van der Waals surface area contributed by atoms with Gasteiger partial charge in [0.05, 0.1) is 11.4 Å². The molecule has 0 aliphatic carbocycles. The number of hydrogen-bond donors (Lipinski definition) is 1. The maximum Gasteiger partial charge on any atom is 0.242 e. The van der Waals surface area contributed by atoms with Crippen LogP contribution in [0.3, 0.4) is 0 Å². The molecule has 2 amide bonds. The number of amidine groups is 1. The summed E-state index contributed by atoms with van der Waals surface area (Å²) in [6, 6.07) is 13.6. The molecule has 0 aromatic heterocycles. The van der Waals surface area contributed by atoms with Crippen molar-refractivity contribution in [1.29, 1.82) is 0 Å². The minimum atomic E-state index is -0.615. The molecule has 0 bridgehead atoms. The van der Waals surface area contributed by atoms with E-state index < -0.39 is 17.0 Å². The number of benzene rings is 2. The summed E-state index contributed by atoms with van der Waals surface area (Å²) in [6.07, 6.45) is 1.55. The van der Waals surface area contributed by atoms with Crippen molar-refractivity contribution in [2.24, 2.45) is 4.99 Å². The minimum absolute atomic E-state index is 0.0711. The van der Waals surface area contributed by atoms with Gasteiger partial charge in [-0.2, -0.15) is 0 Å². The van der Waals surface area contributed by atoms with Crippen molar-refractivity contribution in [3.05, 3.63) is 72.6 Å². The van der Waals surface area contributed by atoms with E-state index in [2.05, 4.69) is 16.9 Å². The zero-order valence-corrected chi connectivity index (χ0v) is 16.2. The highest BCUT2D eigenvalue weighted by Gasteiger charge is 2.38. The van der Waals surface area contributed by atoms with Crippen LogP contribution in [0.5, 0.6) is 0 Å². The number of rotatable bonds is 6. The number of thioether (sulfide) groups is 1. The van der Waals surface area contributed by atoms with Crippen molar-refractivity contribution < 1.29 is 14.0 Å². The third-order valence-electron chi connectivity index (χ3n) is 4.08. The first-order valence-electron chi connectivity index (χ1n) is 8.76. The van der Waals surface area contributed by atoms with Crippen LogP contribution in [-0.2, 0) is 9.59 Å². The fourth-order valence-electron chi connectivity index (χ4n) is 2.76. The molecule has 0 unspecified atom stereocenters. The quantitative estimate of drug-likeness (QED) is 0.740. The SMILES string of the molecule is C=CCN1C(=O)[C@H](CC(=O)Nc2ccccc2F)SC1=Nc1cccc(C)c1. The predicted molar refractivity (Wildman–Crippen MR) is 111 cm³/mol. The minimum Gasteiger partial charge on any atom is -0.324 e. The Balaban J connectivity index is 1.75. The lowest BCUT2D eigenvalue weighted by molar-refractivity contribution is -0.127. The number of nitrogens with one attached hydrogen (secondary N) is 1. The Morgan fingerprint density at radius 1 is 1.32 bits per heavy atom. The van der Waals surface area contributed by atoms with Gasteiger partial charge in [-0.1, -0.05) is 42.1 Å². The normalized spacial score (nSPS) is 17.8. The van der Waals surface area contributed by atoms with E-state index in [1.807, 2.05) is 31.2 Å². The van der Waals surface area contributed by atoms with Crippen LogP contribution in [0, 0.1) is 12.7 Å². The first kappa shape index (κ1) is 19.8. The molecule has 144 valence electrons. The lowest BCUT2D eigenvalue weighted by atomic mass is 10.2. The molecule has 1 saturated heterocycles. The number of nitrogens with zero attached hydrogens (tertiary/aromatic N) is 2. The molecule has 1 fully saturated rings. The number of aliphatic imine (C=N–C) groups is 1. The van der Waals surface area contributed by atoms with Crippen molar-refractivity contribution in [1.82, 2.24) is 4.90 Å². The van der Waals surface area contributed by atoms with Crippen molar-refractivity contribution >= 4 is 40.1 Å². The van der Waals surface area contributed by atoms with Crippen molar-refractivity contribution in [3.8, 4) is 0 Å². The van der Waals surface area contributed by atoms with E-state index >= 15 is 0 Å². The molecule has 2 aromatic rings. The summed E-state index contributed by atoms with van der Waals surface area (Å²) in [7, 11) is 0. The molecule has 1 atom stereocenters. The van der Waals surface area contributed by atoms with Gasteiger partial charge in [0, 0.05) is 13.0 Å². The first-order chi connectivity index (χ1) is 13.5. The van der Waals surface area contributed by atoms with E-state index in [9.17, 15) is 14.0 Å². The number of anilines is 1. The van der Waals surface area contributed by atoms with E-state index in [0.717, 1.165) is 11.3 Å². The Morgan fingerprint density at radius 3 is 2.82 bits per heavy atom. The van der Waals surface area contributed by atoms with Crippen molar-refractivity contribution in [2.75, 3.05) is 11.9 Å². The summed E-state index contributed by atoms with van der Waals surface area (Å²) in [4.78, 5) is 31.1. The van der Waals surface area contributed by atoms with E-state index in [1.165, 1.54) is 28.8 Å². The van der Waals surface area contributed by atoms with Crippen LogP contribution >= 0.6 is 11.8 Å². The van der Waals surface area contributed by atoms with E-state index in [4.69, 9.17) is 0 Å². The number of amides is 2. The number of carbonyl (C=O) groups excluding carboxylic acids is 2. The van der Waals surface area contributed by atoms with E-state index in [0.29, 0.717) is 11.7 Å². The van der Waals surface area contributed by atoms with Gasteiger partial charge in [0.1, 0.15) is 11.1 Å². The lowest BCUT2D eigenvalue weighted by Gasteiger charge is -2.14. The maximum absolute atomic E-state index is 13.7. The molecule has 1 aliphatic heterocycles. The highest BCUT2D eigenvalue weighted by atomic mass is 32.2. The van der Waals surface area contributed by atoms with Crippen LogP contribution in [0.4, 0.5) is 15.8 Å². The monoisotopic (exact) mass is 397 g/mol. The second kappa shape index (κ2) is 8.84. The summed E-state index contributed by atoms with van der Waals surface area (Å²) < 4.78 is 13.7. The highest BCUT2D eigenvalue weighted by Crippen LogP contribution is 2.32. The van der Waals surface area contributed by atoms with Gasteiger partial charge in [0.2, 0.25) is 11.8 Å². The molecule has 3 rings (SSSR count). The number of carbonyl (C=O) groups is 2. The highest BCUT2D eigenvalue weighted by molar-refractivity contribution is 8.15. The predicted octanol–water partition coefficient (Wildman–Crippen LogP) is 4.28. The third kappa shape index (κ3) is 4.67. The van der Waals surface area contributed by atoms with Gasteiger partial charge in [-0.15, -0.1) is 6.58 Å². The van der Waals surface area contributed by atoms with Gasteiger partial charge in [-0.3, -0.25) is 14.5 Å². The molecule has 2 aromatic carbocycles. The van der Waals surface area contributed by atoms with Gasteiger partial charge >= 0.3 is 0 Å². The zero-order valence-electron chi connectivity index (χ0n) is 15.4. The van der Waals surface area contributed by atoms with Crippen molar-refractivity contribution in [3.63, 3.8) is 0 Å². The van der Waals surface area contributed by atoms with Crippen LogP contribution in [0.15, 0.2) is 66.2 Å². The molecule has 28 heavy (non-hydrogen) atoms. The molecular weight excluding hydrogens is 377 g/mol. The summed E-state index contributed by atoms with van der Waals surface area (Å²) in [5.41, 5.74) is 1.90. The van der Waals surface area contributed by atoms with Crippen LogP contribution in [0.2, 0.25) is 0 Å². The van der Waals surface area contributed by atoms with Gasteiger partial charge in [0.25, 0.3) is 0 Å². The first-order valence-corrected chi connectivity index (χ1v) is 9.64. The van der Waals surface area contributed by atoms with Gasteiger partial charge in [-0.25, -0.2) is 9.38 Å². The lowest BCUT2D eigenvalue weighted by Crippen LogP contribution is -2.33. The van der Waals surface area contributed by atoms with Crippen LogP contribution in [0.25, 0.3) is 0 Å². The largest absolute Gasteiger partial charge is 0.324 e. The van der Waals surface area contributed by atoms with Crippen LogP contribution in [0.1, 0.15) is 12.0 Å². The molecule has 0 saturated carbocycles. The number of para-hydroxylation sites is 1. The average molecular weight is 397 g/mol. The summed E-state index contributed by atoms with van der Waals surface area (Å²) in [6.45, 7) is 5.96. The summed E-state index contributed by atoms with van der Waals surface area (Å²) in [5, 5.41) is 2.43.